The fraction of sp³-hybridized carbons (Fsp3) is 0.111. The van der Waals surface area contributed by atoms with Crippen LogP contribution in [0, 0.1) is 35.1 Å². The third kappa shape index (κ3) is 3.92. The maximum atomic E-state index is 14.1. The van der Waals surface area contributed by atoms with Gasteiger partial charge in [0.1, 0.15) is 0 Å². The van der Waals surface area contributed by atoms with Crippen LogP contribution < -0.4 is 0 Å². The van der Waals surface area contributed by atoms with Crippen molar-refractivity contribution in [2.75, 3.05) is 0 Å². The molecule has 0 unspecified atom stereocenters. The van der Waals surface area contributed by atoms with Gasteiger partial charge in [0, 0.05) is 11.1 Å². The third-order valence-electron chi connectivity index (χ3n) is 5.16. The standard InChI is InChI=1S/C27H18F4/c1-2-7-18-10-5-11-19(14-15-20-16-23(28)26(30)27(31)25(20)29)24(18)22-13-6-9-17-8-3-4-12-21(17)22/h3-6,8-13,16H,2,7H2,1H3. The first-order valence-electron chi connectivity index (χ1n) is 9.96. The second-order valence-corrected chi connectivity index (χ2v) is 7.21. The second-order valence-electron chi connectivity index (χ2n) is 7.21. The number of rotatable bonds is 3. The molecule has 0 nitrogen and oxygen atoms in total. The normalized spacial score (nSPS) is 10.7. The van der Waals surface area contributed by atoms with Crippen molar-refractivity contribution in [3.63, 3.8) is 0 Å². The Kier molecular flexibility index (Phi) is 5.77. The first kappa shape index (κ1) is 20.7. The first-order chi connectivity index (χ1) is 15.0. The first-order valence-corrected chi connectivity index (χ1v) is 9.96. The maximum absolute atomic E-state index is 14.1. The Hall–Kier alpha value is -3.58. The molecule has 0 saturated heterocycles. The molecule has 154 valence electrons. The number of fused-ring (bicyclic) bond motifs is 1. The van der Waals surface area contributed by atoms with Crippen molar-refractivity contribution in [2.24, 2.45) is 0 Å². The van der Waals surface area contributed by atoms with Crippen LogP contribution in [-0.4, -0.2) is 0 Å². The van der Waals surface area contributed by atoms with Crippen molar-refractivity contribution < 1.29 is 17.6 Å². The van der Waals surface area contributed by atoms with E-state index in [-0.39, 0.29) is 0 Å². The van der Waals surface area contributed by atoms with Gasteiger partial charge in [-0.2, -0.15) is 0 Å². The molecule has 0 saturated carbocycles. The lowest BCUT2D eigenvalue weighted by atomic mass is 9.89. The molecule has 0 aliphatic rings. The van der Waals surface area contributed by atoms with Crippen molar-refractivity contribution in [1.29, 1.82) is 0 Å². The lowest BCUT2D eigenvalue weighted by molar-refractivity contribution is 0.408. The highest BCUT2D eigenvalue weighted by Gasteiger charge is 2.18. The summed E-state index contributed by atoms with van der Waals surface area (Å²) < 4.78 is 54.5. The summed E-state index contributed by atoms with van der Waals surface area (Å²) in [6, 6.07) is 20.2. The highest BCUT2D eigenvalue weighted by atomic mass is 19.2. The summed E-state index contributed by atoms with van der Waals surface area (Å²) in [6.45, 7) is 2.07. The van der Waals surface area contributed by atoms with Crippen molar-refractivity contribution in [1.82, 2.24) is 0 Å². The van der Waals surface area contributed by atoms with Crippen LogP contribution in [-0.2, 0) is 6.42 Å². The summed E-state index contributed by atoms with van der Waals surface area (Å²) in [5, 5.41) is 2.11. The number of aryl methyl sites for hydroxylation is 1. The molecule has 0 spiro atoms. The van der Waals surface area contributed by atoms with Crippen molar-refractivity contribution >= 4 is 10.8 Å². The Balaban J connectivity index is 1.94. The summed E-state index contributed by atoms with van der Waals surface area (Å²) in [7, 11) is 0. The summed E-state index contributed by atoms with van der Waals surface area (Å²) in [5.41, 5.74) is 3.02. The largest absolute Gasteiger partial charge is 0.204 e. The van der Waals surface area contributed by atoms with Gasteiger partial charge in [0.05, 0.1) is 5.56 Å². The van der Waals surface area contributed by atoms with Crippen LogP contribution >= 0.6 is 0 Å². The van der Waals surface area contributed by atoms with Crippen LogP contribution in [0.2, 0.25) is 0 Å². The molecule has 0 aliphatic carbocycles. The van der Waals surface area contributed by atoms with Crippen LogP contribution in [0.3, 0.4) is 0 Å². The Bertz CT molecular complexity index is 1340. The van der Waals surface area contributed by atoms with Crippen molar-refractivity contribution in [3.8, 4) is 23.0 Å². The van der Waals surface area contributed by atoms with Crippen molar-refractivity contribution in [3.05, 3.63) is 107 Å². The molecule has 0 fully saturated rings. The minimum atomic E-state index is -1.86. The SMILES string of the molecule is CCCc1cccc(C#Cc2cc(F)c(F)c(F)c2F)c1-c1cccc2ccccc12. The highest BCUT2D eigenvalue weighted by molar-refractivity contribution is 5.98. The molecule has 4 rings (SSSR count). The lowest BCUT2D eigenvalue weighted by Gasteiger charge is -2.14. The molecule has 4 aromatic carbocycles. The fourth-order valence-electron chi connectivity index (χ4n) is 3.74. The Labute approximate surface area is 178 Å². The van der Waals surface area contributed by atoms with Gasteiger partial charge in [-0.1, -0.05) is 79.8 Å². The van der Waals surface area contributed by atoms with Gasteiger partial charge in [-0.15, -0.1) is 0 Å². The number of benzene rings is 4. The monoisotopic (exact) mass is 418 g/mol. The predicted octanol–water partition coefficient (Wildman–Crippen LogP) is 7.42. The quantitative estimate of drug-likeness (QED) is 0.141. The molecule has 0 aromatic heterocycles. The predicted molar refractivity (Wildman–Crippen MR) is 116 cm³/mol. The molecule has 0 atom stereocenters. The zero-order valence-electron chi connectivity index (χ0n) is 16.8. The van der Waals surface area contributed by atoms with Crippen molar-refractivity contribution in [2.45, 2.75) is 19.8 Å². The Morgan fingerprint density at radius 2 is 1.42 bits per heavy atom. The minimum Gasteiger partial charge on any atom is -0.204 e. The maximum Gasteiger partial charge on any atom is 0.198 e. The van der Waals surface area contributed by atoms with Crippen LogP contribution in [0.5, 0.6) is 0 Å². The molecular formula is C27H18F4. The molecule has 0 heterocycles. The van der Waals surface area contributed by atoms with E-state index in [4.69, 9.17) is 0 Å². The molecule has 4 aromatic rings. The number of hydrogen-bond acceptors (Lipinski definition) is 0. The second kappa shape index (κ2) is 8.65. The average Bonchev–Trinajstić information content (AvgIpc) is 2.79. The van der Waals surface area contributed by atoms with E-state index in [9.17, 15) is 17.6 Å². The van der Waals surface area contributed by atoms with E-state index in [1.54, 1.807) is 6.07 Å². The molecule has 4 heteroatoms. The molecule has 0 aliphatic heterocycles. The molecule has 0 amide bonds. The molecule has 0 N–H and O–H groups in total. The summed E-state index contributed by atoms with van der Waals surface area (Å²) in [6.07, 6.45) is 1.72. The molecule has 0 radical (unpaired) electrons. The third-order valence-corrected chi connectivity index (χ3v) is 5.16. The smallest absolute Gasteiger partial charge is 0.198 e. The lowest BCUT2D eigenvalue weighted by Crippen LogP contribution is -1.99. The van der Waals surface area contributed by atoms with Gasteiger partial charge in [0.25, 0.3) is 0 Å². The van der Waals surface area contributed by atoms with Gasteiger partial charge in [-0.25, -0.2) is 17.6 Å². The van der Waals surface area contributed by atoms with Gasteiger partial charge in [-0.05, 0) is 40.5 Å². The van der Waals surface area contributed by atoms with E-state index in [2.05, 4.69) is 18.8 Å². The zero-order valence-corrected chi connectivity index (χ0v) is 16.8. The van der Waals surface area contributed by atoms with E-state index in [1.807, 2.05) is 54.6 Å². The Morgan fingerprint density at radius 3 is 2.23 bits per heavy atom. The average molecular weight is 418 g/mol. The molecular weight excluding hydrogens is 400 g/mol. The van der Waals surface area contributed by atoms with Gasteiger partial charge in [0.15, 0.2) is 23.3 Å². The van der Waals surface area contributed by atoms with E-state index >= 15 is 0 Å². The molecule has 31 heavy (non-hydrogen) atoms. The minimum absolute atomic E-state index is 0.527. The summed E-state index contributed by atoms with van der Waals surface area (Å²) in [4.78, 5) is 0. The van der Waals surface area contributed by atoms with E-state index in [0.29, 0.717) is 11.6 Å². The van der Waals surface area contributed by atoms with Crippen LogP contribution in [0.4, 0.5) is 17.6 Å². The van der Waals surface area contributed by atoms with E-state index < -0.39 is 28.8 Å². The zero-order chi connectivity index (χ0) is 22.0. The molecule has 0 bridgehead atoms. The van der Waals surface area contributed by atoms with E-state index in [0.717, 1.165) is 40.3 Å². The topological polar surface area (TPSA) is 0 Å². The highest BCUT2D eigenvalue weighted by Crippen LogP contribution is 2.34. The van der Waals surface area contributed by atoms with Gasteiger partial charge >= 0.3 is 0 Å². The van der Waals surface area contributed by atoms with Gasteiger partial charge in [0.2, 0.25) is 0 Å². The number of hydrogen-bond donors (Lipinski definition) is 0. The van der Waals surface area contributed by atoms with E-state index in [1.165, 1.54) is 0 Å². The van der Waals surface area contributed by atoms with Crippen LogP contribution in [0.25, 0.3) is 21.9 Å². The summed E-state index contributed by atoms with van der Waals surface area (Å²) >= 11 is 0. The Morgan fingerprint density at radius 1 is 0.710 bits per heavy atom. The number of halogens is 4. The summed E-state index contributed by atoms with van der Waals surface area (Å²) in [5.74, 6) is -1.32. The van der Waals surface area contributed by atoms with Crippen LogP contribution in [0.15, 0.2) is 66.7 Å². The fourth-order valence-corrected chi connectivity index (χ4v) is 3.74. The van der Waals surface area contributed by atoms with Gasteiger partial charge in [-0.3, -0.25) is 0 Å². The van der Waals surface area contributed by atoms with Crippen LogP contribution in [0.1, 0.15) is 30.0 Å². The van der Waals surface area contributed by atoms with Gasteiger partial charge < -0.3 is 0 Å².